The summed E-state index contributed by atoms with van der Waals surface area (Å²) in [6.07, 6.45) is 7.16. The fourth-order valence-electron chi connectivity index (χ4n) is 5.28. The molecule has 168 valence electrons. The van der Waals surface area contributed by atoms with Gasteiger partial charge in [0.25, 0.3) is 5.91 Å². The van der Waals surface area contributed by atoms with Gasteiger partial charge in [0.15, 0.2) is 11.5 Å². The van der Waals surface area contributed by atoms with Gasteiger partial charge < -0.3 is 18.9 Å². The smallest absolute Gasteiger partial charge is 0.292 e. The summed E-state index contributed by atoms with van der Waals surface area (Å²) in [6.45, 7) is 3.77. The molecule has 3 aromatic rings. The minimum atomic E-state index is -0.0749. The van der Waals surface area contributed by atoms with Gasteiger partial charge in [-0.15, -0.1) is 0 Å². The molecule has 33 heavy (non-hydrogen) atoms. The highest BCUT2D eigenvalue weighted by Crippen LogP contribution is 2.43. The van der Waals surface area contributed by atoms with E-state index in [1.54, 1.807) is 6.07 Å². The molecule has 3 aliphatic rings. The van der Waals surface area contributed by atoms with Gasteiger partial charge >= 0.3 is 0 Å². The summed E-state index contributed by atoms with van der Waals surface area (Å²) >= 11 is 0. The van der Waals surface area contributed by atoms with E-state index in [1.165, 1.54) is 11.1 Å². The molecule has 0 N–H and O–H groups in total. The molecular formula is C27H26N2O4. The van der Waals surface area contributed by atoms with E-state index in [0.717, 1.165) is 42.0 Å². The number of nitrogens with zero attached hydrogens (tertiary/aromatic N) is 2. The number of hydrogen-bond acceptors (Lipinski definition) is 5. The molecule has 2 aromatic carbocycles. The maximum atomic E-state index is 13.1. The summed E-state index contributed by atoms with van der Waals surface area (Å²) in [5, 5.41) is 4.21. The lowest BCUT2D eigenvalue weighted by Crippen LogP contribution is -2.43. The Morgan fingerprint density at radius 2 is 1.91 bits per heavy atom. The molecule has 6 rings (SSSR count). The first kappa shape index (κ1) is 20.1. The lowest BCUT2D eigenvalue weighted by atomic mass is 9.74. The van der Waals surface area contributed by atoms with Crippen LogP contribution >= 0.6 is 0 Å². The van der Waals surface area contributed by atoms with Crippen molar-refractivity contribution in [2.24, 2.45) is 0 Å². The summed E-state index contributed by atoms with van der Waals surface area (Å²) in [5.74, 6) is 1.91. The van der Waals surface area contributed by atoms with Gasteiger partial charge in [0, 0.05) is 30.5 Å². The topological polar surface area (TPSA) is 64.8 Å². The quantitative estimate of drug-likeness (QED) is 0.572. The van der Waals surface area contributed by atoms with Crippen molar-refractivity contribution in [3.05, 3.63) is 82.8 Å². The van der Waals surface area contributed by atoms with Gasteiger partial charge in [-0.05, 0) is 48.1 Å². The Labute approximate surface area is 192 Å². The summed E-state index contributed by atoms with van der Waals surface area (Å²) in [7, 11) is 0. The second-order valence-corrected chi connectivity index (χ2v) is 9.28. The van der Waals surface area contributed by atoms with E-state index in [9.17, 15) is 4.79 Å². The average Bonchev–Trinajstić information content (AvgIpc) is 3.59. The third-order valence-corrected chi connectivity index (χ3v) is 7.24. The van der Waals surface area contributed by atoms with Crippen LogP contribution in [-0.2, 0) is 11.8 Å². The van der Waals surface area contributed by atoms with Crippen molar-refractivity contribution in [1.82, 2.24) is 10.1 Å². The van der Waals surface area contributed by atoms with Gasteiger partial charge in [-0.2, -0.15) is 0 Å². The first-order valence-electron chi connectivity index (χ1n) is 11.5. The van der Waals surface area contributed by atoms with Gasteiger partial charge in [0.1, 0.15) is 0 Å². The highest BCUT2D eigenvalue weighted by molar-refractivity contribution is 5.91. The van der Waals surface area contributed by atoms with Crippen LogP contribution in [0.5, 0.6) is 11.5 Å². The zero-order valence-electron chi connectivity index (χ0n) is 18.6. The first-order valence-corrected chi connectivity index (χ1v) is 11.5. The summed E-state index contributed by atoms with van der Waals surface area (Å²) in [6, 6.07) is 16.3. The maximum Gasteiger partial charge on any atom is 0.292 e. The van der Waals surface area contributed by atoms with E-state index < -0.39 is 0 Å². The molecular weight excluding hydrogens is 416 g/mol. The minimum absolute atomic E-state index is 0.0546. The number of benzene rings is 2. The molecule has 6 heteroatoms. The van der Waals surface area contributed by atoms with Crippen LogP contribution in [0.15, 0.2) is 59.1 Å². The zero-order chi connectivity index (χ0) is 22.4. The Morgan fingerprint density at radius 3 is 2.79 bits per heavy atom. The van der Waals surface area contributed by atoms with E-state index in [4.69, 9.17) is 14.0 Å². The SMILES string of the molecule is CC(Cc1ccc2c(c1)OCO2)c1cc(C(=O)N2CCC3(C=Cc4ccccc43)CC2)on1. The zero-order valence-corrected chi connectivity index (χ0v) is 18.6. The Hall–Kier alpha value is -3.54. The van der Waals surface area contributed by atoms with E-state index in [0.29, 0.717) is 18.8 Å². The van der Waals surface area contributed by atoms with Crippen molar-refractivity contribution in [3.8, 4) is 11.5 Å². The van der Waals surface area contributed by atoms with Crippen LogP contribution in [0.4, 0.5) is 0 Å². The van der Waals surface area contributed by atoms with Crippen molar-refractivity contribution in [1.29, 1.82) is 0 Å². The van der Waals surface area contributed by atoms with Crippen LogP contribution < -0.4 is 9.47 Å². The number of fused-ring (bicyclic) bond motifs is 3. The van der Waals surface area contributed by atoms with E-state index in [1.807, 2.05) is 23.1 Å². The molecule has 1 aliphatic carbocycles. The number of allylic oxidation sites excluding steroid dienone is 1. The molecule has 1 saturated heterocycles. The standard InChI is InChI=1S/C27H26N2O4/c1-18(14-19-6-7-23-24(15-19)32-17-31-23)22-16-25(33-28-22)26(30)29-12-10-27(11-13-29)9-8-20-4-2-3-5-21(20)27/h2-9,15-16,18H,10-14,17H2,1H3. The molecule has 0 saturated carbocycles. The Bertz CT molecular complexity index is 1240. The number of carbonyl (C=O) groups excluding carboxylic acids is 1. The molecule has 1 unspecified atom stereocenters. The van der Waals surface area contributed by atoms with Crippen LogP contribution in [0, 0.1) is 0 Å². The molecule has 1 atom stereocenters. The predicted molar refractivity (Wildman–Crippen MR) is 123 cm³/mol. The van der Waals surface area contributed by atoms with Crippen molar-refractivity contribution in [2.75, 3.05) is 19.9 Å². The number of rotatable bonds is 4. The third kappa shape index (κ3) is 3.50. The monoisotopic (exact) mass is 442 g/mol. The van der Waals surface area contributed by atoms with Crippen LogP contribution in [0.2, 0.25) is 0 Å². The molecule has 3 heterocycles. The van der Waals surface area contributed by atoms with Crippen molar-refractivity contribution in [3.63, 3.8) is 0 Å². The van der Waals surface area contributed by atoms with Gasteiger partial charge in [-0.1, -0.05) is 54.6 Å². The molecule has 1 spiro atoms. The van der Waals surface area contributed by atoms with E-state index in [2.05, 4.69) is 48.5 Å². The van der Waals surface area contributed by atoms with Crippen molar-refractivity contribution < 1.29 is 18.8 Å². The Kier molecular flexibility index (Phi) is 4.75. The van der Waals surface area contributed by atoms with Crippen LogP contribution in [0.1, 0.15) is 58.6 Å². The second kappa shape index (κ2) is 7.80. The number of piperidine rings is 1. The number of ether oxygens (including phenoxy) is 2. The highest BCUT2D eigenvalue weighted by atomic mass is 16.7. The molecule has 1 aromatic heterocycles. The minimum Gasteiger partial charge on any atom is -0.454 e. The number of carbonyl (C=O) groups is 1. The lowest BCUT2D eigenvalue weighted by Gasteiger charge is -2.38. The molecule has 1 fully saturated rings. The van der Waals surface area contributed by atoms with Crippen LogP contribution in [0.3, 0.4) is 0 Å². The first-order chi connectivity index (χ1) is 16.1. The predicted octanol–water partition coefficient (Wildman–Crippen LogP) is 4.95. The number of amides is 1. The molecule has 0 bridgehead atoms. The van der Waals surface area contributed by atoms with Crippen LogP contribution in [0.25, 0.3) is 6.08 Å². The fourth-order valence-corrected chi connectivity index (χ4v) is 5.28. The molecule has 0 radical (unpaired) electrons. The number of aromatic nitrogens is 1. The average molecular weight is 443 g/mol. The van der Waals surface area contributed by atoms with Crippen molar-refractivity contribution >= 4 is 12.0 Å². The highest BCUT2D eigenvalue weighted by Gasteiger charge is 2.39. The maximum absolute atomic E-state index is 13.1. The normalized spacial score (nSPS) is 18.5. The molecule has 1 amide bonds. The van der Waals surface area contributed by atoms with Gasteiger partial charge in [0.2, 0.25) is 12.6 Å². The van der Waals surface area contributed by atoms with E-state index in [-0.39, 0.29) is 24.0 Å². The van der Waals surface area contributed by atoms with Gasteiger partial charge in [-0.25, -0.2) is 0 Å². The third-order valence-electron chi connectivity index (χ3n) is 7.24. The Balaban J connectivity index is 1.11. The summed E-state index contributed by atoms with van der Waals surface area (Å²) < 4.78 is 16.3. The molecule has 6 nitrogen and oxygen atoms in total. The molecule has 2 aliphatic heterocycles. The fraction of sp³-hybridized carbons (Fsp3) is 0.333. The number of hydrogen-bond donors (Lipinski definition) is 0. The van der Waals surface area contributed by atoms with Crippen molar-refractivity contribution in [2.45, 2.75) is 37.5 Å². The largest absolute Gasteiger partial charge is 0.454 e. The van der Waals surface area contributed by atoms with E-state index >= 15 is 0 Å². The van der Waals surface area contributed by atoms with Crippen LogP contribution in [-0.4, -0.2) is 35.8 Å². The van der Waals surface area contributed by atoms with Gasteiger partial charge in [-0.3, -0.25) is 4.79 Å². The second-order valence-electron chi connectivity index (χ2n) is 9.28. The Morgan fingerprint density at radius 1 is 1.09 bits per heavy atom. The van der Waals surface area contributed by atoms with Gasteiger partial charge in [0.05, 0.1) is 5.69 Å². The summed E-state index contributed by atoms with van der Waals surface area (Å²) in [5.41, 5.74) is 4.66. The number of likely N-dealkylation sites (tertiary alicyclic amines) is 1. The lowest BCUT2D eigenvalue weighted by molar-refractivity contribution is 0.0648. The summed E-state index contributed by atoms with van der Waals surface area (Å²) in [4.78, 5) is 15.0.